The van der Waals surface area contributed by atoms with Gasteiger partial charge in [-0.3, -0.25) is 4.79 Å². The van der Waals surface area contributed by atoms with Crippen LogP contribution in [0.3, 0.4) is 0 Å². The molecule has 2 aromatic rings. The molecule has 0 amide bonds. The third-order valence-corrected chi connectivity index (χ3v) is 1.28. The van der Waals surface area contributed by atoms with Gasteiger partial charge < -0.3 is 0 Å². The number of hydrogen-bond acceptors (Lipinski definition) is 6. The average Bonchev–Trinajstić information content (AvgIpc) is 2.65. The van der Waals surface area contributed by atoms with E-state index in [9.17, 15) is 9.59 Å². The minimum Gasteiger partial charge on any atom is -0.287 e. The highest BCUT2D eigenvalue weighted by Gasteiger charge is 2.20. The zero-order valence-electron chi connectivity index (χ0n) is 5.11. The van der Waals surface area contributed by atoms with E-state index in [1.807, 2.05) is 0 Å². The predicted molar refractivity (Wildman–Crippen MR) is 33.8 cm³/mol. The lowest BCUT2D eigenvalue weighted by Gasteiger charge is -1.77. The van der Waals surface area contributed by atoms with Crippen molar-refractivity contribution in [2.75, 3.05) is 0 Å². The monoisotopic (exact) mass is 148 g/mol. The third-order valence-electron chi connectivity index (χ3n) is 1.28. The number of hydrogen-bond donors (Lipinski definition) is 0. The van der Waals surface area contributed by atoms with Crippen molar-refractivity contribution in [3.05, 3.63) is 10.2 Å². The van der Waals surface area contributed by atoms with Crippen molar-refractivity contribution >= 4 is 22.8 Å². The summed E-state index contributed by atoms with van der Waals surface area (Å²) in [5.74, 6) is 0.00926. The average molecular weight is 148 g/mol. The maximum atomic E-state index is 10.7. The molecule has 0 radical (unpaired) electrons. The SMILES string of the molecule is O=C=Nc1nnnc2c(=O)c12. The Hall–Kier alpha value is -1.94. The van der Waals surface area contributed by atoms with Gasteiger partial charge in [-0.15, -0.1) is 15.2 Å². The van der Waals surface area contributed by atoms with Gasteiger partial charge in [-0.2, -0.15) is 0 Å². The molecule has 1 aromatic carbocycles. The van der Waals surface area contributed by atoms with E-state index < -0.39 is 0 Å². The first-order valence-corrected chi connectivity index (χ1v) is 2.70. The van der Waals surface area contributed by atoms with Crippen molar-refractivity contribution in [3.63, 3.8) is 0 Å². The molecule has 2 rings (SSSR count). The molecule has 0 bridgehead atoms. The molecule has 0 N–H and O–H groups in total. The van der Waals surface area contributed by atoms with Crippen LogP contribution in [0.2, 0.25) is 0 Å². The summed E-state index contributed by atoms with van der Waals surface area (Å²) in [5, 5.41) is 10.2. The Kier molecular flexibility index (Phi) is 0.936. The summed E-state index contributed by atoms with van der Waals surface area (Å²) < 4.78 is 0. The number of aromatic nitrogens is 3. The van der Waals surface area contributed by atoms with Crippen molar-refractivity contribution in [2.24, 2.45) is 4.99 Å². The molecule has 11 heavy (non-hydrogen) atoms. The summed E-state index contributed by atoms with van der Waals surface area (Å²) in [5.41, 5.74) is -0.00185. The number of nitrogens with zero attached hydrogens (tertiary/aromatic N) is 4. The molecule has 0 aliphatic rings. The van der Waals surface area contributed by atoms with Crippen LogP contribution in [0.1, 0.15) is 0 Å². The second-order valence-corrected chi connectivity index (χ2v) is 1.87. The van der Waals surface area contributed by atoms with E-state index >= 15 is 0 Å². The van der Waals surface area contributed by atoms with Gasteiger partial charge in [0.1, 0.15) is 5.39 Å². The van der Waals surface area contributed by atoms with Gasteiger partial charge in [0, 0.05) is 0 Å². The minimum absolute atomic E-state index is 0.00926. The van der Waals surface area contributed by atoms with Gasteiger partial charge in [-0.25, -0.2) is 4.79 Å². The van der Waals surface area contributed by atoms with Crippen LogP contribution in [0.4, 0.5) is 5.82 Å². The fourth-order valence-electron chi connectivity index (χ4n) is 0.745. The molecule has 6 heteroatoms. The normalized spacial score (nSPS) is 10.2. The molecular formula is C5N4O2. The van der Waals surface area contributed by atoms with E-state index in [2.05, 4.69) is 20.4 Å². The molecule has 0 aliphatic carbocycles. The van der Waals surface area contributed by atoms with Gasteiger partial charge in [-0.05, 0) is 5.21 Å². The Labute approximate surface area is 59.3 Å². The van der Waals surface area contributed by atoms with E-state index in [4.69, 9.17) is 0 Å². The fourth-order valence-corrected chi connectivity index (χ4v) is 0.745. The molecule has 0 aliphatic heterocycles. The van der Waals surface area contributed by atoms with Crippen molar-refractivity contribution in [3.8, 4) is 0 Å². The van der Waals surface area contributed by atoms with E-state index in [1.54, 1.807) is 0 Å². The lowest BCUT2D eigenvalue weighted by atomic mass is 10.6. The van der Waals surface area contributed by atoms with Crippen LogP contribution in [0.25, 0.3) is 10.9 Å². The number of aliphatic imine (C=N–C) groups is 1. The molecule has 6 nitrogen and oxygen atoms in total. The lowest BCUT2D eigenvalue weighted by molar-refractivity contribution is 0.565. The van der Waals surface area contributed by atoms with Crippen LogP contribution in [-0.2, 0) is 4.79 Å². The highest BCUT2D eigenvalue weighted by Crippen LogP contribution is 2.19. The van der Waals surface area contributed by atoms with Crippen LogP contribution in [-0.4, -0.2) is 21.5 Å². The molecule has 0 atom stereocenters. The van der Waals surface area contributed by atoms with Gasteiger partial charge in [0.15, 0.2) is 5.52 Å². The van der Waals surface area contributed by atoms with E-state index in [0.717, 1.165) is 0 Å². The first-order valence-electron chi connectivity index (χ1n) is 2.70. The Balaban J connectivity index is 2.78. The maximum absolute atomic E-state index is 10.7. The fraction of sp³-hybridized carbons (Fsp3) is 0. The van der Waals surface area contributed by atoms with Gasteiger partial charge in [0.2, 0.25) is 17.3 Å². The van der Waals surface area contributed by atoms with Gasteiger partial charge in [-0.1, -0.05) is 0 Å². The summed E-state index contributed by atoms with van der Waals surface area (Å²) in [6.45, 7) is 0. The van der Waals surface area contributed by atoms with Crippen LogP contribution in [0, 0.1) is 0 Å². The number of rotatable bonds is 1. The Morgan fingerprint density at radius 3 is 2.91 bits per heavy atom. The quantitative estimate of drug-likeness (QED) is 0.391. The molecule has 1 aromatic heterocycles. The van der Waals surface area contributed by atoms with Crippen LogP contribution in [0.5, 0.6) is 0 Å². The maximum Gasteiger partial charge on any atom is 0.242 e. The first-order chi connectivity index (χ1) is 5.34. The van der Waals surface area contributed by atoms with Crippen molar-refractivity contribution in [2.45, 2.75) is 0 Å². The first kappa shape index (κ1) is 5.82. The number of carbonyl (C=O) groups excluding carboxylic acids is 1. The van der Waals surface area contributed by atoms with Gasteiger partial charge in [0.05, 0.1) is 0 Å². The molecule has 0 saturated carbocycles. The van der Waals surface area contributed by atoms with Crippen molar-refractivity contribution < 1.29 is 4.79 Å². The second-order valence-electron chi connectivity index (χ2n) is 1.87. The second kappa shape index (κ2) is 1.77. The Bertz CT molecular complexity index is 475. The van der Waals surface area contributed by atoms with Gasteiger partial charge in [0.25, 0.3) is 0 Å². The summed E-state index contributed by atoms with van der Waals surface area (Å²) >= 11 is 0. The van der Waals surface area contributed by atoms with E-state index in [-0.39, 0.29) is 22.1 Å². The largest absolute Gasteiger partial charge is 0.287 e. The van der Waals surface area contributed by atoms with Crippen molar-refractivity contribution in [1.82, 2.24) is 15.4 Å². The highest BCUT2D eigenvalue weighted by molar-refractivity contribution is 6.00. The molecule has 1 heterocycles. The van der Waals surface area contributed by atoms with Gasteiger partial charge >= 0.3 is 0 Å². The summed E-state index contributed by atoms with van der Waals surface area (Å²) in [6.07, 6.45) is 1.27. The van der Waals surface area contributed by atoms with Crippen LogP contribution >= 0.6 is 0 Å². The van der Waals surface area contributed by atoms with Crippen molar-refractivity contribution in [1.29, 1.82) is 0 Å². The molecule has 0 saturated heterocycles. The topological polar surface area (TPSA) is 85.2 Å². The summed E-state index contributed by atoms with van der Waals surface area (Å²) in [4.78, 5) is 23.6. The van der Waals surface area contributed by atoms with Crippen LogP contribution < -0.4 is 5.43 Å². The zero-order chi connectivity index (χ0) is 7.84. The summed E-state index contributed by atoms with van der Waals surface area (Å²) in [7, 11) is 0. The van der Waals surface area contributed by atoms with Crippen LogP contribution in [0.15, 0.2) is 9.79 Å². The molecule has 0 spiro atoms. The number of fused-ring (bicyclic) bond motifs is 1. The molecule has 0 unspecified atom stereocenters. The molecule has 0 fully saturated rings. The molecular weight excluding hydrogens is 148 g/mol. The molecule has 52 valence electrons. The smallest absolute Gasteiger partial charge is 0.242 e. The zero-order valence-corrected chi connectivity index (χ0v) is 5.11. The summed E-state index contributed by atoms with van der Waals surface area (Å²) in [6, 6.07) is 0. The standard InChI is InChI=1S/C5N4O2/c10-1-6-5-2-3(4(2)11)7-9-8-5. The minimum atomic E-state index is -0.246. The number of isocyanates is 1. The predicted octanol–water partition coefficient (Wildman–Crippen LogP) is -0.772. The lowest BCUT2D eigenvalue weighted by Crippen LogP contribution is -1.80. The van der Waals surface area contributed by atoms with E-state index in [0.29, 0.717) is 0 Å². The Morgan fingerprint density at radius 1 is 1.36 bits per heavy atom. The third kappa shape index (κ3) is 0.667. The Morgan fingerprint density at radius 2 is 2.18 bits per heavy atom. The highest BCUT2D eigenvalue weighted by atomic mass is 16.1. The van der Waals surface area contributed by atoms with E-state index in [1.165, 1.54) is 6.08 Å².